The Balaban J connectivity index is 1.72. The molecule has 1 aromatic heterocycles. The van der Waals surface area contributed by atoms with Crippen molar-refractivity contribution in [3.63, 3.8) is 0 Å². The van der Waals surface area contributed by atoms with Crippen LogP contribution in [0.4, 0.5) is 0 Å². The number of nitrogens with two attached hydrogens (primary N) is 1. The maximum Gasteiger partial charge on any atom is 0.239 e. The standard InChI is InChI=1S/C35H55N5O5S/c1-9-23(4)31(39(6)35(43)30(36)22(2)3)28(44-7)20-29(41)40-18-13-16-27(40)32(45-8)24(5)33(42)38-21-26(34-37-17-19-46-34)25-14-11-10-12-15-25/h10-12,14-15,17,19,22-24,26-28,30-32H,9,13,16,18,20-21,36H2,1-8H3,(H,38,42)/t23-,24+,26?,27-,28+,30-,31?,32+/m0/s1. The van der Waals surface area contributed by atoms with Crippen molar-refractivity contribution in [2.45, 2.75) is 96.6 Å². The molecule has 11 heteroatoms. The highest BCUT2D eigenvalue weighted by atomic mass is 32.1. The molecule has 2 aromatic rings. The Morgan fingerprint density at radius 1 is 1.13 bits per heavy atom. The number of nitrogens with one attached hydrogen (secondary N) is 1. The number of methoxy groups -OCH3 is 2. The van der Waals surface area contributed by atoms with Gasteiger partial charge in [-0.25, -0.2) is 4.98 Å². The number of amides is 3. The minimum Gasteiger partial charge on any atom is -0.379 e. The van der Waals surface area contributed by atoms with E-state index in [9.17, 15) is 14.4 Å². The first-order valence-electron chi connectivity index (χ1n) is 16.6. The van der Waals surface area contributed by atoms with Gasteiger partial charge in [0.15, 0.2) is 0 Å². The minimum absolute atomic E-state index is 0.0118. The average Bonchev–Trinajstić information content (AvgIpc) is 3.77. The number of aromatic nitrogens is 1. The number of carbonyl (C=O) groups excluding carboxylic acids is 3. The number of hydrogen-bond acceptors (Lipinski definition) is 8. The molecule has 2 heterocycles. The van der Waals surface area contributed by atoms with Crippen LogP contribution >= 0.6 is 11.3 Å². The van der Waals surface area contributed by atoms with Gasteiger partial charge < -0.3 is 30.3 Å². The SMILES string of the molecule is CC[C@H](C)C([C@@H](CC(=O)N1CCC[C@H]1[C@H](OC)[C@@H](C)C(=O)NCC(c1ccccc1)c1nccs1)OC)N(C)C(=O)[C@@H](N)C(C)C. The first-order valence-corrected chi connectivity index (χ1v) is 17.4. The summed E-state index contributed by atoms with van der Waals surface area (Å²) in [6, 6.07) is 8.84. The van der Waals surface area contributed by atoms with Gasteiger partial charge in [-0.2, -0.15) is 0 Å². The molecule has 1 aromatic carbocycles. The van der Waals surface area contributed by atoms with E-state index in [1.807, 2.05) is 61.4 Å². The fourth-order valence-corrected chi connectivity index (χ4v) is 7.40. The Morgan fingerprint density at radius 2 is 1.83 bits per heavy atom. The van der Waals surface area contributed by atoms with E-state index in [0.29, 0.717) is 13.1 Å². The molecule has 1 aliphatic heterocycles. The first-order chi connectivity index (χ1) is 22.0. The fraction of sp³-hybridized carbons (Fsp3) is 0.657. The Labute approximate surface area is 279 Å². The second-order valence-electron chi connectivity index (χ2n) is 12.9. The van der Waals surface area contributed by atoms with Gasteiger partial charge in [-0.15, -0.1) is 11.3 Å². The molecule has 1 saturated heterocycles. The van der Waals surface area contributed by atoms with Gasteiger partial charge in [0, 0.05) is 45.9 Å². The predicted octanol–water partition coefficient (Wildman–Crippen LogP) is 4.29. The van der Waals surface area contributed by atoms with Crippen molar-refractivity contribution in [3.8, 4) is 0 Å². The molecular weight excluding hydrogens is 602 g/mol. The van der Waals surface area contributed by atoms with Crippen LogP contribution in [0, 0.1) is 17.8 Å². The van der Waals surface area contributed by atoms with Gasteiger partial charge in [-0.1, -0.05) is 71.4 Å². The highest BCUT2D eigenvalue weighted by Gasteiger charge is 2.42. The fourth-order valence-electron chi connectivity index (χ4n) is 6.63. The number of likely N-dealkylation sites (N-methyl/N-ethyl adjacent to an activating group) is 1. The van der Waals surface area contributed by atoms with Crippen molar-refractivity contribution >= 4 is 29.1 Å². The largest absolute Gasteiger partial charge is 0.379 e. The zero-order valence-electron chi connectivity index (χ0n) is 28.8. The van der Waals surface area contributed by atoms with E-state index in [-0.39, 0.29) is 54.0 Å². The van der Waals surface area contributed by atoms with Crippen LogP contribution in [0.5, 0.6) is 0 Å². The topological polar surface area (TPSA) is 127 Å². The molecule has 0 aliphatic carbocycles. The summed E-state index contributed by atoms with van der Waals surface area (Å²) < 4.78 is 11.9. The summed E-state index contributed by atoms with van der Waals surface area (Å²) >= 11 is 1.57. The van der Waals surface area contributed by atoms with E-state index in [0.717, 1.165) is 29.8 Å². The number of hydrogen-bond donors (Lipinski definition) is 2. The van der Waals surface area contributed by atoms with Gasteiger partial charge in [-0.3, -0.25) is 14.4 Å². The summed E-state index contributed by atoms with van der Waals surface area (Å²) in [7, 11) is 4.95. The lowest BCUT2D eigenvalue weighted by Gasteiger charge is -2.40. The lowest BCUT2D eigenvalue weighted by molar-refractivity contribution is -0.146. The molecule has 3 N–H and O–H groups in total. The van der Waals surface area contributed by atoms with Crippen LogP contribution in [-0.2, 0) is 23.9 Å². The van der Waals surface area contributed by atoms with E-state index in [1.54, 1.807) is 43.7 Å². The summed E-state index contributed by atoms with van der Waals surface area (Å²) in [6.07, 6.45) is 3.26. The number of carbonyl (C=O) groups is 3. The van der Waals surface area contributed by atoms with Gasteiger partial charge in [0.05, 0.1) is 48.6 Å². The van der Waals surface area contributed by atoms with Crippen molar-refractivity contribution in [1.29, 1.82) is 0 Å². The van der Waals surface area contributed by atoms with Crippen LogP contribution in [0.2, 0.25) is 0 Å². The molecule has 10 nitrogen and oxygen atoms in total. The molecule has 1 aliphatic rings. The average molecular weight is 658 g/mol. The quantitative estimate of drug-likeness (QED) is 0.260. The van der Waals surface area contributed by atoms with Crippen molar-refractivity contribution in [1.82, 2.24) is 20.1 Å². The summed E-state index contributed by atoms with van der Waals surface area (Å²) in [5.74, 6) is -0.841. The number of ether oxygens (including phenoxy) is 2. The molecule has 0 saturated carbocycles. The Hall–Kier alpha value is -2.86. The monoisotopic (exact) mass is 657 g/mol. The highest BCUT2D eigenvalue weighted by Crippen LogP contribution is 2.30. The highest BCUT2D eigenvalue weighted by molar-refractivity contribution is 7.09. The Kier molecular flexibility index (Phi) is 14.6. The normalized spacial score (nSPS) is 19.6. The molecule has 0 spiro atoms. The molecule has 8 atom stereocenters. The van der Waals surface area contributed by atoms with Gasteiger partial charge in [0.2, 0.25) is 17.7 Å². The molecule has 46 heavy (non-hydrogen) atoms. The molecule has 3 rings (SSSR count). The minimum atomic E-state index is -0.632. The van der Waals surface area contributed by atoms with Crippen LogP contribution in [0.25, 0.3) is 0 Å². The van der Waals surface area contributed by atoms with Crippen molar-refractivity contribution in [2.24, 2.45) is 23.5 Å². The number of rotatable bonds is 17. The first kappa shape index (κ1) is 37.6. The third-order valence-corrected chi connectivity index (χ3v) is 10.6. The number of nitrogens with zero attached hydrogens (tertiary/aromatic N) is 3. The molecule has 3 amide bonds. The van der Waals surface area contributed by atoms with Crippen LogP contribution in [0.1, 0.15) is 76.8 Å². The zero-order valence-corrected chi connectivity index (χ0v) is 29.7. The molecular formula is C35H55N5O5S. The lowest BCUT2D eigenvalue weighted by Crippen LogP contribution is -2.56. The van der Waals surface area contributed by atoms with Gasteiger partial charge in [-0.05, 0) is 30.2 Å². The van der Waals surface area contributed by atoms with Gasteiger partial charge in [0.25, 0.3) is 0 Å². The smallest absolute Gasteiger partial charge is 0.239 e. The summed E-state index contributed by atoms with van der Waals surface area (Å²) in [5, 5.41) is 6.03. The lowest BCUT2D eigenvalue weighted by atomic mass is 9.89. The number of benzene rings is 1. The van der Waals surface area contributed by atoms with E-state index in [1.165, 1.54) is 0 Å². The van der Waals surface area contributed by atoms with Crippen molar-refractivity contribution < 1.29 is 23.9 Å². The van der Waals surface area contributed by atoms with Crippen molar-refractivity contribution in [3.05, 3.63) is 52.5 Å². The van der Waals surface area contributed by atoms with Crippen LogP contribution in [-0.4, -0.2) is 97.2 Å². The zero-order chi connectivity index (χ0) is 34.0. The van der Waals surface area contributed by atoms with E-state index in [2.05, 4.69) is 24.1 Å². The van der Waals surface area contributed by atoms with Crippen molar-refractivity contribution in [2.75, 3.05) is 34.4 Å². The summed E-state index contributed by atoms with van der Waals surface area (Å²) in [4.78, 5) is 48.8. The number of likely N-dealkylation sites (tertiary alicyclic amines) is 1. The second kappa shape index (κ2) is 17.9. The third-order valence-electron chi connectivity index (χ3n) is 9.69. The molecule has 0 bridgehead atoms. The van der Waals surface area contributed by atoms with E-state index in [4.69, 9.17) is 15.2 Å². The molecule has 256 valence electrons. The second-order valence-corrected chi connectivity index (χ2v) is 13.9. The Morgan fingerprint density at radius 3 is 2.39 bits per heavy atom. The summed E-state index contributed by atoms with van der Waals surface area (Å²) in [6.45, 7) is 10.8. The Bertz CT molecular complexity index is 1230. The van der Waals surface area contributed by atoms with E-state index < -0.39 is 24.2 Å². The summed E-state index contributed by atoms with van der Waals surface area (Å²) in [5.41, 5.74) is 7.32. The maximum atomic E-state index is 13.9. The van der Waals surface area contributed by atoms with Gasteiger partial charge in [0.1, 0.15) is 5.01 Å². The maximum absolute atomic E-state index is 13.9. The van der Waals surface area contributed by atoms with Gasteiger partial charge >= 0.3 is 0 Å². The molecule has 0 radical (unpaired) electrons. The van der Waals surface area contributed by atoms with Crippen LogP contribution in [0.3, 0.4) is 0 Å². The van der Waals surface area contributed by atoms with E-state index >= 15 is 0 Å². The third kappa shape index (κ3) is 9.14. The van der Waals surface area contributed by atoms with Crippen LogP contribution in [0.15, 0.2) is 41.9 Å². The number of thiazole rings is 1. The molecule has 2 unspecified atom stereocenters. The van der Waals surface area contributed by atoms with Crippen LogP contribution < -0.4 is 11.1 Å². The molecule has 1 fully saturated rings. The predicted molar refractivity (Wildman–Crippen MR) is 182 cm³/mol.